The molecule has 1 fully saturated rings. The number of benzene rings is 1. The first-order valence-electron chi connectivity index (χ1n) is 4.98. The second-order valence-electron chi connectivity index (χ2n) is 3.91. The molecular formula is C11H15FN2. The molecule has 0 spiro atoms. The zero-order chi connectivity index (χ0) is 9.97. The van der Waals surface area contributed by atoms with Crippen LogP contribution in [0.15, 0.2) is 24.3 Å². The lowest BCUT2D eigenvalue weighted by Crippen LogP contribution is -2.45. The van der Waals surface area contributed by atoms with Gasteiger partial charge in [0, 0.05) is 13.1 Å². The molecule has 0 aromatic heterocycles. The highest BCUT2D eigenvalue weighted by Gasteiger charge is 2.17. The Balaban J connectivity index is 2.05. The van der Waals surface area contributed by atoms with Gasteiger partial charge in [-0.3, -0.25) is 10.6 Å². The van der Waals surface area contributed by atoms with E-state index in [1.165, 1.54) is 12.1 Å². The van der Waals surface area contributed by atoms with Crippen molar-refractivity contribution >= 4 is 0 Å². The molecule has 0 saturated carbocycles. The maximum atomic E-state index is 12.7. The van der Waals surface area contributed by atoms with Crippen molar-refractivity contribution in [2.45, 2.75) is 13.1 Å². The van der Waals surface area contributed by atoms with Crippen LogP contribution in [0.25, 0.3) is 0 Å². The fourth-order valence-corrected chi connectivity index (χ4v) is 1.67. The second kappa shape index (κ2) is 4.07. The number of rotatable bonds is 1. The summed E-state index contributed by atoms with van der Waals surface area (Å²) in [6, 6.07) is 6.62. The summed E-state index contributed by atoms with van der Waals surface area (Å²) in [6.07, 6.45) is 0.173. The molecule has 0 unspecified atom stereocenters. The monoisotopic (exact) mass is 194 g/mol. The van der Waals surface area contributed by atoms with Gasteiger partial charge < -0.3 is 0 Å². The maximum Gasteiger partial charge on any atom is 0.123 e. The molecule has 3 heteroatoms. The Kier molecular flexibility index (Phi) is 2.79. The standard InChI is InChI=1S/C11H15FN2/c1-8-6-13-11(14-7-8)9-2-4-10(12)5-3-9/h2-5,8,11,13-14H,6-7H2,1H3. The van der Waals surface area contributed by atoms with E-state index in [-0.39, 0.29) is 12.0 Å². The second-order valence-corrected chi connectivity index (χ2v) is 3.91. The molecule has 1 aliphatic rings. The highest BCUT2D eigenvalue weighted by Crippen LogP contribution is 2.14. The summed E-state index contributed by atoms with van der Waals surface area (Å²) >= 11 is 0. The van der Waals surface area contributed by atoms with E-state index in [2.05, 4.69) is 17.6 Å². The lowest BCUT2D eigenvalue weighted by Gasteiger charge is -2.29. The summed E-state index contributed by atoms with van der Waals surface area (Å²) in [6.45, 7) is 4.21. The molecule has 2 nitrogen and oxygen atoms in total. The van der Waals surface area contributed by atoms with Crippen LogP contribution >= 0.6 is 0 Å². The van der Waals surface area contributed by atoms with Crippen LogP contribution in [0.1, 0.15) is 18.7 Å². The van der Waals surface area contributed by atoms with E-state index in [9.17, 15) is 4.39 Å². The van der Waals surface area contributed by atoms with Crippen LogP contribution in [0.5, 0.6) is 0 Å². The zero-order valence-electron chi connectivity index (χ0n) is 8.26. The first kappa shape index (κ1) is 9.62. The number of halogens is 1. The van der Waals surface area contributed by atoms with Crippen LogP contribution in [0.4, 0.5) is 4.39 Å². The summed E-state index contributed by atoms with van der Waals surface area (Å²) in [5, 5.41) is 6.74. The Bertz CT molecular complexity index is 289. The number of hydrogen-bond acceptors (Lipinski definition) is 2. The van der Waals surface area contributed by atoms with E-state index < -0.39 is 0 Å². The van der Waals surface area contributed by atoms with E-state index in [0.717, 1.165) is 18.7 Å². The molecule has 0 aliphatic carbocycles. The van der Waals surface area contributed by atoms with Crippen molar-refractivity contribution in [1.82, 2.24) is 10.6 Å². The molecule has 1 aromatic rings. The third-order valence-corrected chi connectivity index (χ3v) is 2.54. The van der Waals surface area contributed by atoms with E-state index in [1.54, 1.807) is 0 Å². The van der Waals surface area contributed by atoms with Crippen molar-refractivity contribution in [2.75, 3.05) is 13.1 Å². The molecule has 14 heavy (non-hydrogen) atoms. The summed E-state index contributed by atoms with van der Waals surface area (Å²) in [4.78, 5) is 0. The van der Waals surface area contributed by atoms with Crippen LogP contribution < -0.4 is 10.6 Å². The van der Waals surface area contributed by atoms with Gasteiger partial charge in [-0.1, -0.05) is 19.1 Å². The molecule has 76 valence electrons. The first-order valence-corrected chi connectivity index (χ1v) is 4.98. The number of nitrogens with one attached hydrogen (secondary N) is 2. The Morgan fingerprint density at radius 1 is 1.14 bits per heavy atom. The molecule has 0 amide bonds. The van der Waals surface area contributed by atoms with Gasteiger partial charge in [0.05, 0.1) is 6.17 Å². The third kappa shape index (κ3) is 2.11. The topological polar surface area (TPSA) is 24.1 Å². The molecule has 0 atom stereocenters. The Morgan fingerprint density at radius 3 is 2.29 bits per heavy atom. The SMILES string of the molecule is CC1CNC(c2ccc(F)cc2)NC1. The summed E-state index contributed by atoms with van der Waals surface area (Å²) in [7, 11) is 0. The predicted molar refractivity (Wildman–Crippen MR) is 54.3 cm³/mol. The van der Waals surface area contributed by atoms with Gasteiger partial charge >= 0.3 is 0 Å². The molecule has 1 saturated heterocycles. The van der Waals surface area contributed by atoms with Crippen LogP contribution in [-0.2, 0) is 0 Å². The van der Waals surface area contributed by atoms with Crippen molar-refractivity contribution in [3.63, 3.8) is 0 Å². The number of hydrogen-bond donors (Lipinski definition) is 2. The minimum absolute atomic E-state index is 0.173. The highest BCUT2D eigenvalue weighted by molar-refractivity contribution is 5.19. The van der Waals surface area contributed by atoms with Gasteiger partial charge in [-0.2, -0.15) is 0 Å². The van der Waals surface area contributed by atoms with Crippen LogP contribution in [-0.4, -0.2) is 13.1 Å². The van der Waals surface area contributed by atoms with Gasteiger partial charge in [0.1, 0.15) is 5.82 Å². The summed E-state index contributed by atoms with van der Waals surface area (Å²) in [5.74, 6) is 0.477. The lowest BCUT2D eigenvalue weighted by atomic mass is 10.1. The van der Waals surface area contributed by atoms with Gasteiger partial charge in [-0.15, -0.1) is 0 Å². The lowest BCUT2D eigenvalue weighted by molar-refractivity contribution is 0.314. The van der Waals surface area contributed by atoms with Crippen LogP contribution in [0, 0.1) is 11.7 Å². The largest absolute Gasteiger partial charge is 0.298 e. The Hall–Kier alpha value is -0.930. The van der Waals surface area contributed by atoms with Crippen molar-refractivity contribution in [1.29, 1.82) is 0 Å². The van der Waals surface area contributed by atoms with E-state index in [4.69, 9.17) is 0 Å². The minimum atomic E-state index is -0.182. The first-order chi connectivity index (χ1) is 6.75. The predicted octanol–water partition coefficient (Wildman–Crippen LogP) is 1.65. The smallest absolute Gasteiger partial charge is 0.123 e. The Morgan fingerprint density at radius 2 is 1.71 bits per heavy atom. The van der Waals surface area contributed by atoms with Gasteiger partial charge in [-0.25, -0.2) is 4.39 Å². The van der Waals surface area contributed by atoms with Crippen molar-refractivity contribution in [3.05, 3.63) is 35.6 Å². The molecule has 0 radical (unpaired) electrons. The van der Waals surface area contributed by atoms with E-state index in [0.29, 0.717) is 5.92 Å². The van der Waals surface area contributed by atoms with Crippen LogP contribution in [0.2, 0.25) is 0 Å². The van der Waals surface area contributed by atoms with Crippen molar-refractivity contribution in [2.24, 2.45) is 5.92 Å². The molecule has 0 bridgehead atoms. The van der Waals surface area contributed by atoms with E-state index in [1.807, 2.05) is 12.1 Å². The van der Waals surface area contributed by atoms with Crippen molar-refractivity contribution in [3.8, 4) is 0 Å². The van der Waals surface area contributed by atoms with Gasteiger partial charge in [0.25, 0.3) is 0 Å². The average Bonchev–Trinajstić information content (AvgIpc) is 2.21. The maximum absolute atomic E-state index is 12.7. The third-order valence-electron chi connectivity index (χ3n) is 2.54. The van der Waals surface area contributed by atoms with Gasteiger partial charge in [0.2, 0.25) is 0 Å². The minimum Gasteiger partial charge on any atom is -0.298 e. The zero-order valence-corrected chi connectivity index (χ0v) is 8.26. The highest BCUT2D eigenvalue weighted by atomic mass is 19.1. The van der Waals surface area contributed by atoms with Gasteiger partial charge in [-0.05, 0) is 23.6 Å². The Labute approximate surface area is 83.5 Å². The molecule has 2 rings (SSSR count). The molecule has 1 heterocycles. The van der Waals surface area contributed by atoms with Crippen LogP contribution in [0.3, 0.4) is 0 Å². The average molecular weight is 194 g/mol. The fourth-order valence-electron chi connectivity index (χ4n) is 1.67. The van der Waals surface area contributed by atoms with Crippen molar-refractivity contribution < 1.29 is 4.39 Å². The molecule has 2 N–H and O–H groups in total. The molecule has 1 aromatic carbocycles. The summed E-state index contributed by atoms with van der Waals surface area (Å²) < 4.78 is 12.7. The normalized spacial score (nSPS) is 27.6. The molecular weight excluding hydrogens is 179 g/mol. The quantitative estimate of drug-likeness (QED) is 0.710. The molecule has 1 aliphatic heterocycles. The fraction of sp³-hybridized carbons (Fsp3) is 0.455. The van der Waals surface area contributed by atoms with Gasteiger partial charge in [0.15, 0.2) is 0 Å². The summed E-state index contributed by atoms with van der Waals surface area (Å²) in [5.41, 5.74) is 1.10. The van der Waals surface area contributed by atoms with E-state index >= 15 is 0 Å².